The van der Waals surface area contributed by atoms with Crippen molar-refractivity contribution >= 4 is 63.3 Å². The van der Waals surface area contributed by atoms with Crippen LogP contribution in [0.3, 0.4) is 0 Å². The van der Waals surface area contributed by atoms with Crippen LogP contribution in [0.5, 0.6) is 17.2 Å². The van der Waals surface area contributed by atoms with Crippen molar-refractivity contribution in [2.75, 3.05) is 30.6 Å². The minimum Gasteiger partial charge on any atom is -0.508 e. The molecule has 1 N–H and O–H groups in total. The van der Waals surface area contributed by atoms with Crippen molar-refractivity contribution in [1.29, 1.82) is 0 Å². The summed E-state index contributed by atoms with van der Waals surface area (Å²) in [6.45, 7) is 2.72. The van der Waals surface area contributed by atoms with Crippen LogP contribution in [0.4, 0.5) is 17.1 Å². The normalized spacial score (nSPS) is 18.2. The molecule has 3 aromatic rings. The Hall–Kier alpha value is -3.27. The van der Waals surface area contributed by atoms with E-state index in [1.54, 1.807) is 73.3 Å². The second-order valence-corrected chi connectivity index (χ2v) is 10.2. The molecule has 7 nitrogen and oxygen atoms in total. The summed E-state index contributed by atoms with van der Waals surface area (Å²) in [7, 11) is 3.20. The molecular weight excluding hydrogens is 518 g/mol. The molecule has 1 saturated heterocycles. The number of aromatic hydroxyl groups is 1. The Morgan fingerprint density at radius 3 is 2.47 bits per heavy atom. The van der Waals surface area contributed by atoms with Crippen LogP contribution in [0.15, 0.2) is 80.5 Å². The summed E-state index contributed by atoms with van der Waals surface area (Å²) in [5.41, 5.74) is 2.09. The molecule has 2 aliphatic heterocycles. The van der Waals surface area contributed by atoms with E-state index in [2.05, 4.69) is 4.90 Å². The zero-order valence-corrected chi connectivity index (χ0v) is 22.1. The summed E-state index contributed by atoms with van der Waals surface area (Å²) < 4.78 is 10.9. The number of hydrogen-bond acceptors (Lipinski definition) is 8. The van der Waals surface area contributed by atoms with E-state index in [4.69, 9.17) is 26.1 Å². The lowest BCUT2D eigenvalue weighted by atomic mass is 10.2. The number of benzene rings is 3. The number of thioether (sulfide) groups is 2. The smallest absolute Gasteiger partial charge is 0.274 e. The number of amidine groups is 1. The van der Waals surface area contributed by atoms with E-state index in [0.29, 0.717) is 38.8 Å². The van der Waals surface area contributed by atoms with E-state index in [1.165, 1.54) is 11.8 Å². The van der Waals surface area contributed by atoms with Gasteiger partial charge in [0.15, 0.2) is 5.17 Å². The number of methoxy groups -OCH3 is 2. The Bertz CT molecular complexity index is 1410. The third-order valence-corrected chi connectivity index (χ3v) is 8.24. The highest BCUT2D eigenvalue weighted by Gasteiger charge is 2.40. The van der Waals surface area contributed by atoms with Crippen molar-refractivity contribution < 1.29 is 19.4 Å². The summed E-state index contributed by atoms with van der Waals surface area (Å²) in [6.07, 6.45) is 0. The second kappa shape index (κ2) is 10.0. The second-order valence-electron chi connectivity index (χ2n) is 7.78. The van der Waals surface area contributed by atoms with Crippen LogP contribution in [-0.2, 0) is 4.79 Å². The molecule has 3 aromatic carbocycles. The Labute approximate surface area is 222 Å². The highest BCUT2D eigenvalue weighted by molar-refractivity contribution is 8.20. The van der Waals surface area contributed by atoms with E-state index >= 15 is 0 Å². The average Bonchev–Trinajstić information content (AvgIpc) is 3.40. The van der Waals surface area contributed by atoms with Gasteiger partial charge in [-0.05, 0) is 73.3 Å². The summed E-state index contributed by atoms with van der Waals surface area (Å²) in [5, 5.41) is 11.6. The molecule has 36 heavy (non-hydrogen) atoms. The number of amides is 1. The number of phenols is 1. The first kappa shape index (κ1) is 24.4. The van der Waals surface area contributed by atoms with Crippen molar-refractivity contribution in [3.63, 3.8) is 0 Å². The van der Waals surface area contributed by atoms with Crippen molar-refractivity contribution in [2.24, 2.45) is 4.99 Å². The lowest BCUT2D eigenvalue weighted by Crippen LogP contribution is -2.29. The van der Waals surface area contributed by atoms with Gasteiger partial charge in [-0.15, -0.1) is 0 Å². The van der Waals surface area contributed by atoms with Gasteiger partial charge < -0.3 is 19.5 Å². The van der Waals surface area contributed by atoms with Crippen LogP contribution in [0, 0.1) is 0 Å². The first-order chi connectivity index (χ1) is 17.4. The van der Waals surface area contributed by atoms with Gasteiger partial charge in [0.25, 0.3) is 5.91 Å². The number of fused-ring (bicyclic) bond motifs is 1. The lowest BCUT2D eigenvalue weighted by Gasteiger charge is -2.19. The van der Waals surface area contributed by atoms with Crippen molar-refractivity contribution in [3.8, 4) is 17.2 Å². The molecule has 0 aromatic heterocycles. The van der Waals surface area contributed by atoms with E-state index in [1.807, 2.05) is 25.1 Å². The van der Waals surface area contributed by atoms with Crippen molar-refractivity contribution in [2.45, 2.75) is 11.8 Å². The first-order valence-electron chi connectivity index (χ1n) is 11.0. The summed E-state index contributed by atoms with van der Waals surface area (Å²) in [6, 6.07) is 17.5. The third kappa shape index (κ3) is 4.38. The molecular formula is C26H22ClN3O4S2. The number of anilines is 2. The van der Waals surface area contributed by atoms with Gasteiger partial charge in [0.2, 0.25) is 0 Å². The minimum absolute atomic E-state index is 0.111. The molecule has 1 amide bonds. The number of rotatable bonds is 5. The number of ether oxygens (including phenoxy) is 2. The van der Waals surface area contributed by atoms with Crippen molar-refractivity contribution in [3.05, 3.63) is 75.6 Å². The monoisotopic (exact) mass is 539 g/mol. The summed E-state index contributed by atoms with van der Waals surface area (Å²) in [4.78, 5) is 24.0. The molecule has 0 unspecified atom stereocenters. The van der Waals surface area contributed by atoms with E-state index in [9.17, 15) is 9.90 Å². The quantitative estimate of drug-likeness (QED) is 0.365. The summed E-state index contributed by atoms with van der Waals surface area (Å²) >= 11 is 9.08. The fourth-order valence-electron chi connectivity index (χ4n) is 3.93. The van der Waals surface area contributed by atoms with E-state index in [-0.39, 0.29) is 11.7 Å². The fourth-order valence-corrected chi connectivity index (χ4v) is 6.47. The van der Waals surface area contributed by atoms with E-state index in [0.717, 1.165) is 21.4 Å². The molecule has 1 fully saturated rings. The zero-order valence-electron chi connectivity index (χ0n) is 19.7. The highest BCUT2D eigenvalue weighted by Crippen LogP contribution is 2.52. The molecule has 0 saturated carbocycles. The van der Waals surface area contributed by atoms with Gasteiger partial charge in [0, 0.05) is 22.5 Å². The summed E-state index contributed by atoms with van der Waals surface area (Å²) in [5.74, 6) is 1.20. The molecule has 5 rings (SSSR count). The zero-order chi connectivity index (χ0) is 25.4. The van der Waals surface area contributed by atoms with Crippen LogP contribution in [0.25, 0.3) is 0 Å². The highest BCUT2D eigenvalue weighted by atomic mass is 35.5. The van der Waals surface area contributed by atoms with Gasteiger partial charge in [-0.3, -0.25) is 9.69 Å². The van der Waals surface area contributed by atoms with Crippen LogP contribution >= 0.6 is 35.1 Å². The Morgan fingerprint density at radius 1 is 1.00 bits per heavy atom. The van der Waals surface area contributed by atoms with Gasteiger partial charge >= 0.3 is 0 Å². The predicted octanol–water partition coefficient (Wildman–Crippen LogP) is 6.63. The first-order valence-corrected chi connectivity index (χ1v) is 13.1. The number of nitrogens with zero attached hydrogens (tertiary/aromatic N) is 3. The number of carbonyl (C=O) groups excluding carboxylic acids is 1. The van der Waals surface area contributed by atoms with Gasteiger partial charge in [0.05, 0.1) is 25.6 Å². The number of aliphatic imine (C=N–C) groups is 1. The minimum atomic E-state index is -0.203. The number of halogens is 1. The number of phenolic OH excluding ortho intramolecular Hbond substituents is 1. The lowest BCUT2D eigenvalue weighted by molar-refractivity contribution is -0.113. The van der Waals surface area contributed by atoms with Crippen molar-refractivity contribution in [1.82, 2.24) is 0 Å². The fraction of sp³-hybridized carbons (Fsp3) is 0.154. The van der Waals surface area contributed by atoms with Gasteiger partial charge in [-0.2, -0.15) is 0 Å². The molecule has 0 bridgehead atoms. The average molecular weight is 540 g/mol. The number of hydrogen-bond donors (Lipinski definition) is 1. The maximum absolute atomic E-state index is 13.9. The topological polar surface area (TPSA) is 74.6 Å². The maximum Gasteiger partial charge on any atom is 0.274 e. The number of carbonyl (C=O) groups is 1. The molecule has 10 heteroatoms. The maximum atomic E-state index is 13.9. The van der Waals surface area contributed by atoms with Gasteiger partial charge in [-0.25, -0.2) is 4.99 Å². The Balaban J connectivity index is 1.64. The third-order valence-electron chi connectivity index (χ3n) is 5.67. The van der Waals surface area contributed by atoms with Crippen LogP contribution in [0.2, 0.25) is 5.02 Å². The Kier molecular flexibility index (Phi) is 6.79. The molecule has 0 spiro atoms. The van der Waals surface area contributed by atoms with Crippen LogP contribution in [-0.4, -0.2) is 36.9 Å². The SMILES string of the molecule is CCN1C(=C2SC(=Nc3cc(Cl)ccc3OC)N(c3ccc(O)cc3)C2=O)Sc2ccc(OC)cc21. The van der Waals surface area contributed by atoms with Crippen LogP contribution < -0.4 is 19.3 Å². The van der Waals surface area contributed by atoms with E-state index < -0.39 is 0 Å². The molecule has 184 valence electrons. The molecule has 0 atom stereocenters. The molecule has 2 heterocycles. The van der Waals surface area contributed by atoms with Crippen LogP contribution in [0.1, 0.15) is 6.92 Å². The molecule has 0 radical (unpaired) electrons. The standard InChI is InChI=1S/C26H22ClN3O4S2/c1-4-29-20-14-18(33-2)10-12-22(20)35-25(29)23-24(32)30(16-6-8-17(31)9-7-16)26(36-23)28-19-13-15(27)5-11-21(19)34-3/h5-14,31H,4H2,1-3H3. The molecule has 2 aliphatic rings. The predicted molar refractivity (Wildman–Crippen MR) is 147 cm³/mol. The molecule has 0 aliphatic carbocycles. The largest absolute Gasteiger partial charge is 0.508 e. The van der Waals surface area contributed by atoms with Gasteiger partial charge in [-0.1, -0.05) is 23.4 Å². The van der Waals surface area contributed by atoms with Gasteiger partial charge in [0.1, 0.15) is 32.9 Å². The Morgan fingerprint density at radius 2 is 1.78 bits per heavy atom.